The van der Waals surface area contributed by atoms with E-state index in [0.717, 1.165) is 0 Å². The minimum absolute atomic E-state index is 0. The topological polar surface area (TPSA) is 209 Å². The lowest BCUT2D eigenvalue weighted by atomic mass is 10.0. The summed E-state index contributed by atoms with van der Waals surface area (Å²) in [4.78, 5) is 35.0. The van der Waals surface area contributed by atoms with Crippen molar-refractivity contribution in [2.24, 2.45) is 5.73 Å². The largest absolute Gasteiger partial charge is 0.458 e. The molecule has 1 fully saturated rings. The summed E-state index contributed by atoms with van der Waals surface area (Å²) in [6.07, 6.45) is 1.05. The first-order valence-corrected chi connectivity index (χ1v) is 13.6. The van der Waals surface area contributed by atoms with E-state index < -0.39 is 24.2 Å². The van der Waals surface area contributed by atoms with E-state index >= 15 is 0 Å². The van der Waals surface area contributed by atoms with Crippen LogP contribution >= 0.6 is 24.0 Å². The van der Waals surface area contributed by atoms with Crippen LogP contribution in [0.1, 0.15) is 37.4 Å². The second kappa shape index (κ2) is 15.1. The van der Waals surface area contributed by atoms with Crippen LogP contribution in [0.25, 0.3) is 5.65 Å². The van der Waals surface area contributed by atoms with E-state index in [1.807, 2.05) is 17.9 Å². The molecule has 1 amide bonds. The molecule has 0 aliphatic carbocycles. The van der Waals surface area contributed by atoms with Crippen LogP contribution in [0.2, 0.25) is 5.02 Å². The average molecular weight is 633 g/mol. The van der Waals surface area contributed by atoms with Crippen LogP contribution < -0.4 is 26.6 Å². The average Bonchev–Trinajstić information content (AvgIpc) is 3.41. The lowest BCUT2D eigenvalue weighted by molar-refractivity contribution is -0.150. The van der Waals surface area contributed by atoms with Gasteiger partial charge in [0.2, 0.25) is 5.95 Å². The van der Waals surface area contributed by atoms with Gasteiger partial charge in [-0.3, -0.25) is 4.79 Å². The van der Waals surface area contributed by atoms with Crippen LogP contribution in [0, 0.1) is 22.7 Å². The van der Waals surface area contributed by atoms with Crippen LogP contribution in [-0.2, 0) is 14.3 Å². The number of nitrogens with one attached hydrogen (secondary N) is 3. The van der Waals surface area contributed by atoms with Gasteiger partial charge in [0, 0.05) is 19.5 Å². The third-order valence-corrected chi connectivity index (χ3v) is 6.90. The van der Waals surface area contributed by atoms with Crippen molar-refractivity contribution in [3.63, 3.8) is 0 Å². The Morgan fingerprint density at radius 1 is 1.28 bits per heavy atom. The molecule has 0 saturated carbocycles. The van der Waals surface area contributed by atoms with Gasteiger partial charge in [-0.25, -0.2) is 9.78 Å². The second-order valence-electron chi connectivity index (χ2n) is 9.30. The van der Waals surface area contributed by atoms with E-state index in [1.54, 1.807) is 12.1 Å². The highest BCUT2D eigenvalue weighted by atomic mass is 35.5. The third-order valence-electron chi connectivity index (χ3n) is 6.51. The summed E-state index contributed by atoms with van der Waals surface area (Å²) in [5.74, 6) is 0.0795. The van der Waals surface area contributed by atoms with E-state index in [2.05, 4.69) is 37.1 Å². The molecule has 1 aliphatic heterocycles. The molecule has 0 bridgehead atoms. The summed E-state index contributed by atoms with van der Waals surface area (Å²) in [6.45, 7) is 3.39. The molecular formula is C26H31Cl2N11O4. The van der Waals surface area contributed by atoms with Gasteiger partial charge in [0.25, 0.3) is 0 Å². The fraction of sp³-hybridized carbons (Fsp3) is 0.423. The number of carbonyl (C=O) groups excluding carboxylic acids is 2. The highest BCUT2D eigenvalue weighted by molar-refractivity contribution is 6.36. The second-order valence-corrected chi connectivity index (χ2v) is 9.67. The SMILES string of the molecule is CCNc1nc(Nc2cc(C#N)cc(N3CCC(NC(=O)OC)C(OC(=O)CCCN)C3)c2Cl)nn2c(C#N)cnc12.Cl. The molecule has 5 N–H and O–H groups in total. The Morgan fingerprint density at radius 2 is 2.07 bits per heavy atom. The number of nitrogens with zero attached hydrogens (tertiary/aromatic N) is 7. The van der Waals surface area contributed by atoms with Gasteiger partial charge in [0.15, 0.2) is 17.2 Å². The van der Waals surface area contributed by atoms with Crippen LogP contribution in [0.5, 0.6) is 0 Å². The molecule has 0 spiro atoms. The normalized spacial score (nSPS) is 15.9. The highest BCUT2D eigenvalue weighted by Crippen LogP contribution is 2.37. The molecule has 17 heteroatoms. The molecule has 3 heterocycles. The van der Waals surface area contributed by atoms with Crippen LogP contribution in [0.15, 0.2) is 18.3 Å². The zero-order valence-corrected chi connectivity index (χ0v) is 25.0. The van der Waals surface area contributed by atoms with Crippen LogP contribution in [0.3, 0.4) is 0 Å². The number of amides is 1. The number of nitriles is 2. The summed E-state index contributed by atoms with van der Waals surface area (Å²) < 4.78 is 11.8. The molecule has 43 heavy (non-hydrogen) atoms. The summed E-state index contributed by atoms with van der Waals surface area (Å²) in [6, 6.07) is 6.87. The molecular weight excluding hydrogens is 601 g/mol. The van der Waals surface area contributed by atoms with Crippen molar-refractivity contribution in [3.8, 4) is 12.1 Å². The van der Waals surface area contributed by atoms with E-state index in [4.69, 9.17) is 26.8 Å². The molecule has 0 radical (unpaired) electrons. The number of alkyl carbamates (subject to hydrolysis) is 1. The first kappa shape index (κ1) is 32.9. The number of rotatable bonds is 10. The Hall–Kier alpha value is -4.57. The first-order valence-electron chi connectivity index (χ1n) is 13.2. The van der Waals surface area contributed by atoms with Crippen molar-refractivity contribution in [1.29, 1.82) is 10.5 Å². The maximum Gasteiger partial charge on any atom is 0.407 e. The number of nitrogens with two attached hydrogens (primary N) is 1. The zero-order valence-electron chi connectivity index (χ0n) is 23.5. The van der Waals surface area contributed by atoms with Crippen molar-refractivity contribution in [2.45, 2.75) is 38.3 Å². The summed E-state index contributed by atoms with van der Waals surface area (Å²) in [5, 5.41) is 32.8. The summed E-state index contributed by atoms with van der Waals surface area (Å²) >= 11 is 6.88. The molecule has 4 rings (SSSR count). The summed E-state index contributed by atoms with van der Waals surface area (Å²) in [7, 11) is 1.26. The lowest BCUT2D eigenvalue weighted by Gasteiger charge is -2.39. The molecule has 2 aromatic heterocycles. The monoisotopic (exact) mass is 631 g/mol. The zero-order chi connectivity index (χ0) is 30.2. The van der Waals surface area contributed by atoms with Gasteiger partial charge in [-0.05, 0) is 38.4 Å². The Bertz CT molecular complexity index is 1550. The van der Waals surface area contributed by atoms with Crippen molar-refractivity contribution in [2.75, 3.05) is 48.8 Å². The Kier molecular flexibility index (Phi) is 11.5. The molecule has 228 valence electrons. The van der Waals surface area contributed by atoms with Crippen molar-refractivity contribution < 1.29 is 19.1 Å². The molecule has 2 unspecified atom stereocenters. The third kappa shape index (κ3) is 7.64. The van der Waals surface area contributed by atoms with Gasteiger partial charge < -0.3 is 36.1 Å². The van der Waals surface area contributed by atoms with E-state index in [9.17, 15) is 20.1 Å². The maximum atomic E-state index is 12.5. The molecule has 2 atom stereocenters. The van der Waals surface area contributed by atoms with Crippen LogP contribution in [0.4, 0.5) is 27.9 Å². The predicted octanol–water partition coefficient (Wildman–Crippen LogP) is 2.70. The number of hydrogen-bond acceptors (Lipinski definition) is 13. The van der Waals surface area contributed by atoms with Gasteiger partial charge in [-0.2, -0.15) is 20.0 Å². The number of fused-ring (bicyclic) bond motifs is 1. The summed E-state index contributed by atoms with van der Waals surface area (Å²) in [5.41, 5.74) is 7.27. The number of benzene rings is 1. The molecule has 1 aromatic carbocycles. The van der Waals surface area contributed by atoms with E-state index in [0.29, 0.717) is 60.9 Å². The van der Waals surface area contributed by atoms with E-state index in [-0.39, 0.29) is 42.0 Å². The number of carbonyl (C=O) groups is 2. The van der Waals surface area contributed by atoms with Gasteiger partial charge in [0.1, 0.15) is 12.2 Å². The van der Waals surface area contributed by atoms with Gasteiger partial charge in [-0.15, -0.1) is 17.5 Å². The fourth-order valence-corrected chi connectivity index (χ4v) is 4.79. The van der Waals surface area contributed by atoms with Gasteiger partial charge in [-0.1, -0.05) is 11.6 Å². The smallest absolute Gasteiger partial charge is 0.407 e. The standard InChI is InChI=1S/C26H30ClN11O4.ClH/c1-3-31-23-24-32-13-16(12-30)38(24)36-25(35-23)33-18-9-15(11-29)10-19(22(18)27)37-8-6-17(34-26(40)41-2)20(14-37)42-21(39)5-4-7-28;/h9-10,13,17,20H,3-8,14,28H2,1-2H3,(H,34,40)(H2,31,33,35,36);1H. The quantitative estimate of drug-likeness (QED) is 0.237. The Balaban J connectivity index is 0.00000506. The minimum atomic E-state index is -0.722. The number of esters is 1. The first-order chi connectivity index (χ1) is 20.3. The van der Waals surface area contributed by atoms with Crippen molar-refractivity contribution in [3.05, 3.63) is 34.6 Å². The molecule has 1 saturated heterocycles. The maximum absolute atomic E-state index is 12.5. The van der Waals surface area contributed by atoms with Gasteiger partial charge >= 0.3 is 12.1 Å². The van der Waals surface area contributed by atoms with Gasteiger partial charge in [0.05, 0.1) is 53.9 Å². The molecule has 3 aromatic rings. The number of halogens is 2. The number of hydrogen-bond donors (Lipinski definition) is 4. The van der Waals surface area contributed by atoms with E-state index in [1.165, 1.54) is 17.8 Å². The number of aromatic nitrogens is 4. The molecule has 1 aliphatic rings. The number of methoxy groups -OCH3 is 1. The van der Waals surface area contributed by atoms with Crippen molar-refractivity contribution in [1.82, 2.24) is 24.9 Å². The lowest BCUT2D eigenvalue weighted by Crippen LogP contribution is -2.55. The number of ether oxygens (including phenoxy) is 2. The predicted molar refractivity (Wildman–Crippen MR) is 161 cm³/mol. The van der Waals surface area contributed by atoms with Crippen LogP contribution in [-0.4, -0.2) is 77.1 Å². The number of piperidine rings is 1. The molecule has 15 nitrogen and oxygen atoms in total. The minimum Gasteiger partial charge on any atom is -0.458 e. The van der Waals surface area contributed by atoms with Crippen molar-refractivity contribution >= 4 is 64.9 Å². The highest BCUT2D eigenvalue weighted by Gasteiger charge is 2.34. The fourth-order valence-electron chi connectivity index (χ4n) is 4.52. The number of anilines is 4. The Labute approximate surface area is 258 Å². The Morgan fingerprint density at radius 3 is 2.74 bits per heavy atom. The number of imidazole rings is 1.